The minimum Gasteiger partial charge on any atom is -0.497 e. The van der Waals surface area contributed by atoms with Crippen molar-refractivity contribution in [2.45, 2.75) is 25.8 Å². The average Bonchev–Trinajstić information content (AvgIpc) is 2.60. The van der Waals surface area contributed by atoms with E-state index >= 15 is 0 Å². The van der Waals surface area contributed by atoms with Gasteiger partial charge in [0.05, 0.1) is 12.6 Å². The molecule has 0 saturated heterocycles. The summed E-state index contributed by atoms with van der Waals surface area (Å²) >= 11 is 0. The summed E-state index contributed by atoms with van der Waals surface area (Å²) in [5, 5.41) is 3.08. The molecule has 1 N–H and O–H groups in total. The van der Waals surface area contributed by atoms with Crippen LogP contribution in [0.4, 0.5) is 4.79 Å². The van der Waals surface area contributed by atoms with Crippen molar-refractivity contribution in [2.75, 3.05) is 20.7 Å². The smallest absolute Gasteiger partial charge is 0.317 e. The first-order valence-electron chi connectivity index (χ1n) is 7.99. The molecule has 0 aliphatic rings. The van der Waals surface area contributed by atoms with Gasteiger partial charge in [-0.1, -0.05) is 12.1 Å². The van der Waals surface area contributed by atoms with Gasteiger partial charge in [-0.05, 0) is 55.7 Å². The van der Waals surface area contributed by atoms with Crippen LogP contribution < -0.4 is 10.1 Å². The van der Waals surface area contributed by atoms with E-state index in [1.807, 2.05) is 50.2 Å². The lowest BCUT2D eigenvalue weighted by atomic mass is 9.94. The summed E-state index contributed by atoms with van der Waals surface area (Å²) in [7, 11) is 3.44. The van der Waals surface area contributed by atoms with E-state index in [2.05, 4.69) is 10.3 Å². The van der Waals surface area contributed by atoms with Crippen LogP contribution in [0.3, 0.4) is 0 Å². The number of carbonyl (C=O) groups is 1. The number of nitrogens with zero attached hydrogens (tertiary/aromatic N) is 2. The van der Waals surface area contributed by atoms with Crippen molar-refractivity contribution < 1.29 is 9.53 Å². The maximum absolute atomic E-state index is 12.5. The van der Waals surface area contributed by atoms with Crippen LogP contribution >= 0.6 is 0 Å². The average molecular weight is 327 g/mol. The zero-order valence-corrected chi connectivity index (χ0v) is 14.7. The highest BCUT2D eigenvalue weighted by Gasteiger charge is 2.24. The second kappa shape index (κ2) is 7.81. The lowest BCUT2D eigenvalue weighted by molar-refractivity contribution is 0.198. The standard InChI is InChI=1S/C19H25N3O2/c1-19(2,16-5-7-17(24-4)8-6-16)21-18(23)22(3)14-11-15-9-12-20-13-10-15/h5-10,12-13H,11,14H2,1-4H3,(H,21,23). The van der Waals surface area contributed by atoms with Crippen molar-refractivity contribution in [1.82, 2.24) is 15.2 Å². The number of ether oxygens (including phenoxy) is 1. The molecule has 2 amide bonds. The monoisotopic (exact) mass is 327 g/mol. The Morgan fingerprint density at radius 3 is 2.38 bits per heavy atom. The summed E-state index contributed by atoms with van der Waals surface area (Å²) < 4.78 is 5.18. The first-order valence-corrected chi connectivity index (χ1v) is 7.99. The number of rotatable bonds is 6. The quantitative estimate of drug-likeness (QED) is 0.886. The number of carbonyl (C=O) groups excluding carboxylic acids is 1. The Hall–Kier alpha value is -2.56. The molecule has 0 fully saturated rings. The molecule has 0 aliphatic carbocycles. The van der Waals surface area contributed by atoms with Crippen molar-refractivity contribution in [1.29, 1.82) is 0 Å². The Morgan fingerprint density at radius 2 is 1.79 bits per heavy atom. The minimum absolute atomic E-state index is 0.0927. The fourth-order valence-electron chi connectivity index (χ4n) is 2.39. The maximum atomic E-state index is 12.5. The number of hydrogen-bond donors (Lipinski definition) is 1. The molecule has 0 aliphatic heterocycles. The third-order valence-corrected chi connectivity index (χ3v) is 4.06. The van der Waals surface area contributed by atoms with Crippen molar-refractivity contribution in [3.05, 3.63) is 59.9 Å². The molecule has 0 atom stereocenters. The summed E-state index contributed by atoms with van der Waals surface area (Å²) in [4.78, 5) is 18.2. The fraction of sp³-hybridized carbons (Fsp3) is 0.368. The Labute approximate surface area is 143 Å². The molecule has 5 heteroatoms. The number of hydrogen-bond acceptors (Lipinski definition) is 3. The van der Waals surface area contributed by atoms with E-state index in [0.29, 0.717) is 6.54 Å². The minimum atomic E-state index is -0.464. The molecule has 2 aromatic rings. The molecule has 5 nitrogen and oxygen atoms in total. The zero-order chi connectivity index (χ0) is 17.6. The van der Waals surface area contributed by atoms with Crippen molar-refractivity contribution in [2.24, 2.45) is 0 Å². The summed E-state index contributed by atoms with van der Waals surface area (Å²) in [6.07, 6.45) is 4.33. The molecular formula is C19H25N3O2. The predicted octanol–water partition coefficient (Wildman–Crippen LogP) is 3.21. The SMILES string of the molecule is COc1ccc(C(C)(C)NC(=O)N(C)CCc2ccncc2)cc1. The number of benzene rings is 1. The number of likely N-dealkylation sites (N-methyl/N-ethyl adjacent to an activating group) is 1. The summed E-state index contributed by atoms with van der Waals surface area (Å²) in [5.41, 5.74) is 1.73. The number of aromatic nitrogens is 1. The van der Waals surface area contributed by atoms with E-state index < -0.39 is 5.54 Å². The number of urea groups is 1. The summed E-state index contributed by atoms with van der Waals surface area (Å²) in [6.45, 7) is 4.63. The maximum Gasteiger partial charge on any atom is 0.317 e. The Bertz CT molecular complexity index is 654. The topological polar surface area (TPSA) is 54.5 Å². The fourth-order valence-corrected chi connectivity index (χ4v) is 2.39. The Morgan fingerprint density at radius 1 is 1.17 bits per heavy atom. The van der Waals surface area contributed by atoms with Gasteiger partial charge in [0, 0.05) is 26.0 Å². The van der Waals surface area contributed by atoms with Gasteiger partial charge < -0.3 is 15.0 Å². The van der Waals surface area contributed by atoms with Crippen molar-refractivity contribution >= 4 is 6.03 Å². The third-order valence-electron chi connectivity index (χ3n) is 4.06. The molecule has 0 radical (unpaired) electrons. The Balaban J connectivity index is 1.93. The molecule has 0 spiro atoms. The van der Waals surface area contributed by atoms with Gasteiger partial charge in [0.15, 0.2) is 0 Å². The van der Waals surface area contributed by atoms with Crippen molar-refractivity contribution in [3.63, 3.8) is 0 Å². The highest BCUT2D eigenvalue weighted by atomic mass is 16.5. The highest BCUT2D eigenvalue weighted by Crippen LogP contribution is 2.22. The Kier molecular flexibility index (Phi) is 5.79. The number of methoxy groups -OCH3 is 1. The van der Waals surface area contributed by atoms with Gasteiger partial charge in [-0.25, -0.2) is 4.79 Å². The van der Waals surface area contributed by atoms with Gasteiger partial charge in [-0.2, -0.15) is 0 Å². The van der Waals surface area contributed by atoms with E-state index in [0.717, 1.165) is 17.7 Å². The van der Waals surface area contributed by atoms with Crippen LogP contribution in [0.2, 0.25) is 0 Å². The first-order chi connectivity index (χ1) is 11.4. The van der Waals surface area contributed by atoms with Crippen LogP contribution in [0.5, 0.6) is 5.75 Å². The summed E-state index contributed by atoms with van der Waals surface area (Å²) in [6, 6.07) is 11.6. The molecule has 0 unspecified atom stereocenters. The lowest BCUT2D eigenvalue weighted by Gasteiger charge is -2.30. The third kappa shape index (κ3) is 4.72. The second-order valence-corrected chi connectivity index (χ2v) is 6.31. The number of nitrogens with one attached hydrogen (secondary N) is 1. The molecule has 128 valence electrons. The molecule has 1 heterocycles. The summed E-state index contributed by atoms with van der Waals surface area (Å²) in [5.74, 6) is 0.801. The van der Waals surface area contributed by atoms with Gasteiger partial charge in [0.2, 0.25) is 0 Å². The number of amides is 2. The van der Waals surface area contributed by atoms with E-state index in [9.17, 15) is 4.79 Å². The predicted molar refractivity (Wildman–Crippen MR) is 95.1 cm³/mol. The van der Waals surface area contributed by atoms with E-state index in [4.69, 9.17) is 4.74 Å². The van der Waals surface area contributed by atoms with Crippen LogP contribution in [-0.4, -0.2) is 36.6 Å². The van der Waals surface area contributed by atoms with Crippen LogP contribution in [-0.2, 0) is 12.0 Å². The molecule has 0 bridgehead atoms. The molecule has 0 saturated carbocycles. The largest absolute Gasteiger partial charge is 0.497 e. The van der Waals surface area contributed by atoms with E-state index in [1.54, 1.807) is 31.5 Å². The first kappa shape index (κ1) is 17.8. The zero-order valence-electron chi connectivity index (χ0n) is 14.7. The van der Waals surface area contributed by atoms with E-state index in [-0.39, 0.29) is 6.03 Å². The molecule has 2 rings (SSSR count). The highest BCUT2D eigenvalue weighted by molar-refractivity contribution is 5.75. The van der Waals surface area contributed by atoms with Crippen LogP contribution in [0.1, 0.15) is 25.0 Å². The second-order valence-electron chi connectivity index (χ2n) is 6.31. The van der Waals surface area contributed by atoms with E-state index in [1.165, 1.54) is 5.56 Å². The van der Waals surface area contributed by atoms with Crippen molar-refractivity contribution in [3.8, 4) is 5.75 Å². The molecule has 1 aromatic carbocycles. The lowest BCUT2D eigenvalue weighted by Crippen LogP contribution is -2.47. The molecule has 1 aromatic heterocycles. The van der Waals surface area contributed by atoms with Gasteiger partial charge in [-0.15, -0.1) is 0 Å². The normalized spacial score (nSPS) is 11.0. The van der Waals surface area contributed by atoms with Crippen LogP contribution in [0, 0.1) is 0 Å². The van der Waals surface area contributed by atoms with Gasteiger partial charge in [0.1, 0.15) is 5.75 Å². The number of pyridine rings is 1. The molecular weight excluding hydrogens is 302 g/mol. The van der Waals surface area contributed by atoms with Crippen LogP contribution in [0.15, 0.2) is 48.8 Å². The van der Waals surface area contributed by atoms with Gasteiger partial charge in [0.25, 0.3) is 0 Å². The van der Waals surface area contributed by atoms with Gasteiger partial charge >= 0.3 is 6.03 Å². The van der Waals surface area contributed by atoms with Gasteiger partial charge in [-0.3, -0.25) is 4.98 Å². The van der Waals surface area contributed by atoms with Crippen LogP contribution in [0.25, 0.3) is 0 Å². The molecule has 24 heavy (non-hydrogen) atoms.